The van der Waals surface area contributed by atoms with Gasteiger partial charge in [-0.05, 0) is 13.0 Å². The first-order valence-corrected chi connectivity index (χ1v) is 6.34. The van der Waals surface area contributed by atoms with Gasteiger partial charge >= 0.3 is 0 Å². The number of nitrogens with one attached hydrogen (secondary N) is 1. The minimum absolute atomic E-state index is 0.00519. The molecule has 6 nitrogen and oxygen atoms in total. The van der Waals surface area contributed by atoms with Crippen LogP contribution in [0.4, 0.5) is 5.69 Å². The Kier molecular flexibility index (Phi) is 3.80. The normalized spacial score (nSPS) is 16.4. The molecule has 0 atom stereocenters. The Bertz CT molecular complexity index is 508. The van der Waals surface area contributed by atoms with Crippen LogP contribution in [0.3, 0.4) is 0 Å². The summed E-state index contributed by atoms with van der Waals surface area (Å²) in [4.78, 5) is 25.9. The summed E-state index contributed by atoms with van der Waals surface area (Å²) in [6.07, 6.45) is 0. The van der Waals surface area contributed by atoms with E-state index >= 15 is 0 Å². The van der Waals surface area contributed by atoms with Crippen molar-refractivity contribution in [1.29, 1.82) is 0 Å². The molecule has 1 aromatic carbocycles. The van der Waals surface area contributed by atoms with Gasteiger partial charge in [0.2, 0.25) is 0 Å². The van der Waals surface area contributed by atoms with Crippen molar-refractivity contribution in [2.45, 2.75) is 6.92 Å². The average Bonchev–Trinajstić information content (AvgIpc) is 2.39. The number of benzene rings is 1. The van der Waals surface area contributed by atoms with Crippen LogP contribution in [0.5, 0.6) is 0 Å². The Morgan fingerprint density at radius 2 is 2.00 bits per heavy atom. The highest BCUT2D eigenvalue weighted by molar-refractivity contribution is 5.95. The molecule has 1 aromatic rings. The quantitative estimate of drug-likeness (QED) is 0.598. The summed E-state index contributed by atoms with van der Waals surface area (Å²) in [7, 11) is 2.10. The molecule has 0 aliphatic carbocycles. The van der Waals surface area contributed by atoms with Gasteiger partial charge in [0.05, 0.1) is 38.2 Å². The summed E-state index contributed by atoms with van der Waals surface area (Å²) in [5.74, 6) is -0.115. The van der Waals surface area contributed by atoms with E-state index in [-0.39, 0.29) is 11.6 Å². The Morgan fingerprint density at radius 3 is 2.58 bits per heavy atom. The molecule has 2 rings (SSSR count). The molecule has 0 unspecified atom stereocenters. The zero-order chi connectivity index (χ0) is 14.0. The molecule has 0 saturated carbocycles. The van der Waals surface area contributed by atoms with Crippen molar-refractivity contribution < 1.29 is 14.6 Å². The molecule has 102 valence electrons. The minimum atomic E-state index is -0.444. The molecular weight excluding hydrogens is 246 g/mol. The first kappa shape index (κ1) is 13.5. The second kappa shape index (κ2) is 5.36. The standard InChI is InChI=1S/C13H17N3O3/c1-10-3-4-11(9-12(10)16(18)19)13(17)15-7-5-14(2)6-8-15/h3-4,9H,5-8H2,1-2H3/p+1. The number of hydrogen-bond acceptors (Lipinski definition) is 3. The number of hydrogen-bond donors (Lipinski definition) is 1. The SMILES string of the molecule is Cc1ccc(C(=O)N2CC[NH+](C)CC2)cc1[N+](=O)[O-]. The first-order valence-electron chi connectivity index (χ1n) is 6.34. The number of aryl methyl sites for hydroxylation is 1. The number of carbonyl (C=O) groups is 1. The Labute approximate surface area is 111 Å². The van der Waals surface area contributed by atoms with Crippen LogP contribution >= 0.6 is 0 Å². The topological polar surface area (TPSA) is 67.9 Å². The highest BCUT2D eigenvalue weighted by atomic mass is 16.6. The summed E-state index contributed by atoms with van der Waals surface area (Å²) in [5.41, 5.74) is 0.979. The smallest absolute Gasteiger partial charge is 0.273 e. The van der Waals surface area contributed by atoms with Crippen molar-refractivity contribution in [3.63, 3.8) is 0 Å². The molecule has 1 aliphatic rings. The van der Waals surface area contributed by atoms with Gasteiger partial charge in [-0.2, -0.15) is 0 Å². The second-order valence-corrected chi connectivity index (χ2v) is 5.01. The fourth-order valence-electron chi connectivity index (χ4n) is 2.21. The van der Waals surface area contributed by atoms with E-state index in [0.717, 1.165) is 13.1 Å². The fraction of sp³-hybridized carbons (Fsp3) is 0.462. The number of piperazine rings is 1. The second-order valence-electron chi connectivity index (χ2n) is 5.01. The summed E-state index contributed by atoms with van der Waals surface area (Å²) < 4.78 is 0. The zero-order valence-electron chi connectivity index (χ0n) is 11.2. The number of nitrogens with zero attached hydrogens (tertiary/aromatic N) is 2. The molecular formula is C13H18N3O3+. The lowest BCUT2D eigenvalue weighted by Crippen LogP contribution is -3.12. The minimum Gasteiger partial charge on any atom is -0.334 e. The lowest BCUT2D eigenvalue weighted by molar-refractivity contribution is -0.883. The maximum absolute atomic E-state index is 12.3. The average molecular weight is 264 g/mol. The van der Waals surface area contributed by atoms with Gasteiger partial charge in [-0.15, -0.1) is 0 Å². The number of rotatable bonds is 2. The molecule has 1 heterocycles. The molecule has 0 spiro atoms. The van der Waals surface area contributed by atoms with E-state index in [0.29, 0.717) is 24.2 Å². The molecule has 1 saturated heterocycles. The van der Waals surface area contributed by atoms with Crippen LogP contribution < -0.4 is 4.90 Å². The summed E-state index contributed by atoms with van der Waals surface area (Å²) in [5, 5.41) is 10.9. The Morgan fingerprint density at radius 1 is 1.37 bits per heavy atom. The van der Waals surface area contributed by atoms with E-state index in [1.807, 2.05) is 0 Å². The first-order chi connectivity index (χ1) is 8.99. The number of amides is 1. The highest BCUT2D eigenvalue weighted by Crippen LogP contribution is 2.20. The maximum Gasteiger partial charge on any atom is 0.273 e. The molecule has 0 aromatic heterocycles. The number of likely N-dealkylation sites (N-methyl/N-ethyl adjacent to an activating group) is 1. The van der Waals surface area contributed by atoms with Gasteiger partial charge in [0.15, 0.2) is 0 Å². The van der Waals surface area contributed by atoms with Crippen LogP contribution in [0.25, 0.3) is 0 Å². The van der Waals surface area contributed by atoms with E-state index in [1.165, 1.54) is 11.0 Å². The maximum atomic E-state index is 12.3. The monoisotopic (exact) mass is 264 g/mol. The molecule has 1 amide bonds. The molecule has 1 aliphatic heterocycles. The van der Waals surface area contributed by atoms with E-state index in [2.05, 4.69) is 7.05 Å². The lowest BCUT2D eigenvalue weighted by Gasteiger charge is -2.30. The van der Waals surface area contributed by atoms with Crippen LogP contribution in [0.1, 0.15) is 15.9 Å². The van der Waals surface area contributed by atoms with Crippen LogP contribution in [0.2, 0.25) is 0 Å². The number of nitro benzene ring substituents is 1. The van der Waals surface area contributed by atoms with Crippen molar-refractivity contribution in [1.82, 2.24) is 4.90 Å². The van der Waals surface area contributed by atoms with Gasteiger partial charge in [-0.3, -0.25) is 14.9 Å². The van der Waals surface area contributed by atoms with E-state index < -0.39 is 4.92 Å². The Hall–Kier alpha value is -1.95. The zero-order valence-corrected chi connectivity index (χ0v) is 11.2. The third-order valence-electron chi connectivity index (χ3n) is 3.56. The predicted molar refractivity (Wildman–Crippen MR) is 70.4 cm³/mol. The summed E-state index contributed by atoms with van der Waals surface area (Å²) in [6.45, 7) is 4.91. The molecule has 0 radical (unpaired) electrons. The number of quaternary nitrogens is 1. The van der Waals surface area contributed by atoms with Gasteiger partial charge in [0, 0.05) is 17.2 Å². The molecule has 19 heavy (non-hydrogen) atoms. The van der Waals surface area contributed by atoms with Crippen molar-refractivity contribution in [3.8, 4) is 0 Å². The molecule has 0 bridgehead atoms. The largest absolute Gasteiger partial charge is 0.334 e. The van der Waals surface area contributed by atoms with E-state index in [4.69, 9.17) is 0 Å². The third kappa shape index (κ3) is 2.90. The third-order valence-corrected chi connectivity index (χ3v) is 3.56. The summed E-state index contributed by atoms with van der Waals surface area (Å²) in [6, 6.07) is 4.67. The van der Waals surface area contributed by atoms with Crippen molar-refractivity contribution >= 4 is 11.6 Å². The van der Waals surface area contributed by atoms with Gasteiger partial charge in [-0.1, -0.05) is 6.07 Å². The molecule has 6 heteroatoms. The Balaban J connectivity index is 2.20. The molecule has 1 fully saturated rings. The van der Waals surface area contributed by atoms with Gasteiger partial charge in [0.25, 0.3) is 11.6 Å². The lowest BCUT2D eigenvalue weighted by atomic mass is 10.1. The van der Waals surface area contributed by atoms with Crippen LogP contribution in [-0.2, 0) is 0 Å². The molecule has 1 N–H and O–H groups in total. The number of nitro groups is 1. The highest BCUT2D eigenvalue weighted by Gasteiger charge is 2.24. The van der Waals surface area contributed by atoms with Gasteiger partial charge in [0.1, 0.15) is 0 Å². The van der Waals surface area contributed by atoms with Crippen molar-refractivity contribution in [3.05, 3.63) is 39.4 Å². The van der Waals surface area contributed by atoms with Gasteiger partial charge in [-0.25, -0.2) is 0 Å². The van der Waals surface area contributed by atoms with Crippen molar-refractivity contribution in [2.24, 2.45) is 0 Å². The van der Waals surface area contributed by atoms with Crippen LogP contribution in [-0.4, -0.2) is 49.0 Å². The van der Waals surface area contributed by atoms with Crippen molar-refractivity contribution in [2.75, 3.05) is 33.2 Å². The van der Waals surface area contributed by atoms with Crippen LogP contribution in [0.15, 0.2) is 18.2 Å². The predicted octanol–water partition coefficient (Wildman–Crippen LogP) is -0.126. The number of carbonyl (C=O) groups excluding carboxylic acids is 1. The van der Waals surface area contributed by atoms with E-state index in [1.54, 1.807) is 24.0 Å². The van der Waals surface area contributed by atoms with Crippen LogP contribution in [0, 0.1) is 17.0 Å². The fourth-order valence-corrected chi connectivity index (χ4v) is 2.21. The van der Waals surface area contributed by atoms with Gasteiger partial charge < -0.3 is 9.80 Å². The van der Waals surface area contributed by atoms with E-state index in [9.17, 15) is 14.9 Å². The summed E-state index contributed by atoms with van der Waals surface area (Å²) >= 11 is 0.